The van der Waals surface area contributed by atoms with Crippen LogP contribution in [0, 0.1) is 0 Å². The van der Waals surface area contributed by atoms with Crippen molar-refractivity contribution in [1.29, 1.82) is 0 Å². The minimum Gasteiger partial charge on any atom is -0.481 e. The molecule has 1 aliphatic rings. The number of rotatable bonds is 11. The number of amides is 1. The van der Waals surface area contributed by atoms with E-state index in [4.69, 9.17) is 27.2 Å². The van der Waals surface area contributed by atoms with Gasteiger partial charge in [0.25, 0.3) is 11.5 Å². The zero-order valence-electron chi connectivity index (χ0n) is 17.0. The van der Waals surface area contributed by atoms with Gasteiger partial charge >= 0.3 is 5.97 Å². The molecule has 1 aliphatic heterocycles. The Kier molecular flexibility index (Phi) is 8.33. The third-order valence-electron chi connectivity index (χ3n) is 4.46. The van der Waals surface area contributed by atoms with Crippen molar-refractivity contribution in [2.75, 3.05) is 38.2 Å². The summed E-state index contributed by atoms with van der Waals surface area (Å²) in [4.78, 5) is 42.8. The number of pyridine rings is 1. The molecule has 2 aromatic rings. The van der Waals surface area contributed by atoms with Gasteiger partial charge in [-0.2, -0.15) is 0 Å². The molecule has 0 radical (unpaired) electrons. The largest absolute Gasteiger partial charge is 0.481 e. The Morgan fingerprint density at radius 2 is 2.12 bits per heavy atom. The van der Waals surface area contributed by atoms with Crippen LogP contribution in [0.4, 0.5) is 5.82 Å². The van der Waals surface area contributed by atoms with E-state index in [9.17, 15) is 14.4 Å². The quantitative estimate of drug-likeness (QED) is 0.246. The summed E-state index contributed by atoms with van der Waals surface area (Å²) in [7, 11) is 0. The van der Waals surface area contributed by atoms with E-state index in [1.54, 1.807) is 24.4 Å². The third-order valence-corrected chi connectivity index (χ3v) is 5.84. The van der Waals surface area contributed by atoms with Crippen molar-refractivity contribution in [1.82, 2.24) is 14.3 Å². The number of anilines is 1. The number of aromatic nitrogens is 2. The molecule has 170 valence electrons. The molecular weight excluding hydrogens is 456 g/mol. The van der Waals surface area contributed by atoms with Crippen molar-refractivity contribution in [2.24, 2.45) is 0 Å². The second kappa shape index (κ2) is 11.2. The van der Waals surface area contributed by atoms with Gasteiger partial charge in [0, 0.05) is 25.7 Å². The van der Waals surface area contributed by atoms with Gasteiger partial charge in [-0.25, -0.2) is 4.98 Å². The highest BCUT2D eigenvalue weighted by molar-refractivity contribution is 8.26. The maximum atomic E-state index is 13.1. The second-order valence-electron chi connectivity index (χ2n) is 6.70. The van der Waals surface area contributed by atoms with Gasteiger partial charge in [0.1, 0.15) is 15.8 Å². The normalized spacial score (nSPS) is 15.2. The second-order valence-corrected chi connectivity index (χ2v) is 8.38. The van der Waals surface area contributed by atoms with Crippen molar-refractivity contribution in [3.63, 3.8) is 0 Å². The van der Waals surface area contributed by atoms with Crippen LogP contribution in [-0.2, 0) is 14.3 Å². The maximum absolute atomic E-state index is 13.1. The molecule has 3 heterocycles. The molecule has 32 heavy (non-hydrogen) atoms. The van der Waals surface area contributed by atoms with Gasteiger partial charge in [0.05, 0.1) is 30.3 Å². The molecule has 0 unspecified atom stereocenters. The van der Waals surface area contributed by atoms with Crippen LogP contribution in [0.5, 0.6) is 0 Å². The Morgan fingerprint density at radius 1 is 1.31 bits per heavy atom. The zero-order valence-corrected chi connectivity index (χ0v) is 18.7. The number of nitrogens with one attached hydrogen (secondary N) is 1. The number of nitrogens with zero attached hydrogens (tertiary/aromatic N) is 3. The Bertz CT molecular complexity index is 1120. The van der Waals surface area contributed by atoms with Crippen LogP contribution >= 0.6 is 24.0 Å². The first kappa shape index (κ1) is 23.9. The maximum Gasteiger partial charge on any atom is 0.303 e. The zero-order chi connectivity index (χ0) is 23.1. The first-order valence-corrected chi connectivity index (χ1v) is 11.1. The summed E-state index contributed by atoms with van der Waals surface area (Å²) in [5.74, 6) is -1.02. The standard InChI is InChI=1S/C20H22N4O6S2/c25-9-11-30-10-6-21-17-13(18(28)23-7-2-1-4-15(23)22-17)12-14-19(29)24(20(31)32-14)8-3-5-16(26)27/h1-2,4,7,12,21,25H,3,5-6,8-11H2,(H,26,27). The number of thioether (sulfide) groups is 1. The highest BCUT2D eigenvalue weighted by Crippen LogP contribution is 2.33. The average Bonchev–Trinajstić information content (AvgIpc) is 3.03. The first-order valence-electron chi connectivity index (χ1n) is 9.83. The van der Waals surface area contributed by atoms with E-state index in [0.717, 1.165) is 11.8 Å². The summed E-state index contributed by atoms with van der Waals surface area (Å²) in [5, 5.41) is 20.7. The minimum atomic E-state index is -0.945. The molecule has 0 bridgehead atoms. The molecule has 0 spiro atoms. The van der Waals surface area contributed by atoms with Crippen molar-refractivity contribution in [2.45, 2.75) is 12.8 Å². The lowest BCUT2D eigenvalue weighted by atomic mass is 10.2. The molecule has 1 amide bonds. The summed E-state index contributed by atoms with van der Waals surface area (Å²) >= 11 is 6.33. The molecule has 0 atom stereocenters. The van der Waals surface area contributed by atoms with Crippen LogP contribution < -0.4 is 10.9 Å². The van der Waals surface area contributed by atoms with Gasteiger partial charge in [-0.15, -0.1) is 0 Å². The number of carboxylic acid groups (broad SMARTS) is 1. The van der Waals surface area contributed by atoms with E-state index in [1.165, 1.54) is 15.4 Å². The molecule has 0 aromatic carbocycles. The number of carboxylic acids is 1. The van der Waals surface area contributed by atoms with Crippen LogP contribution in [0.1, 0.15) is 18.4 Å². The van der Waals surface area contributed by atoms with E-state index in [2.05, 4.69) is 10.3 Å². The van der Waals surface area contributed by atoms with Gasteiger partial charge in [0.2, 0.25) is 0 Å². The van der Waals surface area contributed by atoms with Crippen molar-refractivity contribution in [3.05, 3.63) is 45.2 Å². The number of carbonyl (C=O) groups is 2. The Balaban J connectivity index is 1.89. The molecular formula is C20H22N4O6S2. The summed E-state index contributed by atoms with van der Waals surface area (Å²) in [6.45, 7) is 0.937. The fourth-order valence-electron chi connectivity index (χ4n) is 2.99. The van der Waals surface area contributed by atoms with E-state index in [1.807, 2.05) is 0 Å². The van der Waals surface area contributed by atoms with Crippen molar-refractivity contribution in [3.8, 4) is 0 Å². The molecule has 1 saturated heterocycles. The lowest BCUT2D eigenvalue weighted by molar-refractivity contribution is -0.137. The summed E-state index contributed by atoms with van der Waals surface area (Å²) < 4.78 is 6.93. The van der Waals surface area contributed by atoms with Crippen LogP contribution in [0.15, 0.2) is 34.1 Å². The number of hydrogen-bond donors (Lipinski definition) is 3. The average molecular weight is 479 g/mol. The number of carbonyl (C=O) groups excluding carboxylic acids is 1. The van der Waals surface area contributed by atoms with Crippen molar-refractivity contribution < 1.29 is 24.5 Å². The smallest absolute Gasteiger partial charge is 0.303 e. The fraction of sp³-hybridized carbons (Fsp3) is 0.350. The Labute approximate surface area is 192 Å². The summed E-state index contributed by atoms with van der Waals surface area (Å²) in [6, 6.07) is 5.16. The number of aliphatic carboxylic acids is 1. The van der Waals surface area contributed by atoms with E-state index >= 15 is 0 Å². The molecule has 2 aromatic heterocycles. The topological polar surface area (TPSA) is 133 Å². The predicted octanol–water partition coefficient (Wildman–Crippen LogP) is 1.18. The highest BCUT2D eigenvalue weighted by atomic mass is 32.2. The molecule has 12 heteroatoms. The predicted molar refractivity (Wildman–Crippen MR) is 125 cm³/mol. The van der Waals surface area contributed by atoms with Crippen LogP contribution in [0.2, 0.25) is 0 Å². The number of aliphatic hydroxyl groups is 1. The number of aliphatic hydroxyl groups excluding tert-OH is 1. The molecule has 1 fully saturated rings. The minimum absolute atomic E-state index is 0.0710. The van der Waals surface area contributed by atoms with Crippen LogP contribution in [0.25, 0.3) is 11.7 Å². The number of hydrogen-bond acceptors (Lipinski definition) is 9. The van der Waals surface area contributed by atoms with Gasteiger partial charge < -0.3 is 20.3 Å². The Morgan fingerprint density at radius 3 is 2.88 bits per heavy atom. The summed E-state index contributed by atoms with van der Waals surface area (Å²) in [5.41, 5.74) is 0.280. The first-order chi connectivity index (χ1) is 15.4. The van der Waals surface area contributed by atoms with Gasteiger partial charge in [0.15, 0.2) is 0 Å². The molecule has 10 nitrogen and oxygen atoms in total. The van der Waals surface area contributed by atoms with E-state index in [-0.39, 0.29) is 54.5 Å². The fourth-order valence-corrected chi connectivity index (χ4v) is 4.28. The highest BCUT2D eigenvalue weighted by Gasteiger charge is 2.32. The summed E-state index contributed by atoms with van der Waals surface area (Å²) in [6.07, 6.45) is 3.25. The molecule has 3 N–H and O–H groups in total. The van der Waals surface area contributed by atoms with Gasteiger partial charge in [-0.3, -0.25) is 23.7 Å². The number of ether oxygens (including phenoxy) is 1. The van der Waals surface area contributed by atoms with E-state index < -0.39 is 5.97 Å². The molecule has 0 saturated carbocycles. The van der Waals surface area contributed by atoms with Gasteiger partial charge in [-0.05, 0) is 24.6 Å². The SMILES string of the molecule is O=C(O)CCCN1C(=O)C(=Cc2c(NCCOCCO)nc3ccccn3c2=O)SC1=S. The van der Waals surface area contributed by atoms with E-state index in [0.29, 0.717) is 28.9 Å². The lowest BCUT2D eigenvalue weighted by Gasteiger charge is -2.13. The lowest BCUT2D eigenvalue weighted by Crippen LogP contribution is -2.29. The number of fused-ring (bicyclic) bond motifs is 1. The third kappa shape index (κ3) is 5.71. The van der Waals surface area contributed by atoms with Crippen molar-refractivity contribution >= 4 is 57.7 Å². The van der Waals surface area contributed by atoms with Crippen LogP contribution in [0.3, 0.4) is 0 Å². The Hall–Kier alpha value is -2.80. The number of thiocarbonyl (C=S) groups is 1. The monoisotopic (exact) mass is 478 g/mol. The van der Waals surface area contributed by atoms with Gasteiger partial charge in [-0.1, -0.05) is 30.0 Å². The van der Waals surface area contributed by atoms with Crippen LogP contribution in [-0.4, -0.2) is 73.6 Å². The molecule has 0 aliphatic carbocycles. The molecule has 3 rings (SSSR count).